The van der Waals surface area contributed by atoms with Gasteiger partial charge in [-0.15, -0.1) is 11.3 Å². The summed E-state index contributed by atoms with van der Waals surface area (Å²) in [5, 5.41) is 6.24. The molecule has 0 saturated carbocycles. The minimum absolute atomic E-state index is 0.144. The van der Waals surface area contributed by atoms with Crippen molar-refractivity contribution in [2.24, 2.45) is 0 Å². The molecular weight excluding hydrogens is 479 g/mol. The highest BCUT2D eigenvalue weighted by Gasteiger charge is 2.28. The van der Waals surface area contributed by atoms with Crippen molar-refractivity contribution < 1.29 is 14.3 Å². The topological polar surface area (TPSA) is 67.4 Å². The van der Waals surface area contributed by atoms with E-state index >= 15 is 0 Å². The Morgan fingerprint density at radius 1 is 1.12 bits per heavy atom. The van der Waals surface area contributed by atoms with E-state index in [0.29, 0.717) is 25.5 Å². The summed E-state index contributed by atoms with van der Waals surface area (Å²) in [5.41, 5.74) is 4.05. The molecule has 0 radical (unpaired) electrons. The van der Waals surface area contributed by atoms with Crippen molar-refractivity contribution in [2.45, 2.75) is 25.8 Å². The van der Waals surface area contributed by atoms with Crippen LogP contribution in [0.2, 0.25) is 8.67 Å². The lowest BCUT2D eigenvalue weighted by Crippen LogP contribution is -2.43. The molecule has 0 fully saturated rings. The summed E-state index contributed by atoms with van der Waals surface area (Å²) in [6.07, 6.45) is 2.45. The van der Waals surface area contributed by atoms with E-state index in [0.717, 1.165) is 40.3 Å². The number of fused-ring (bicyclic) bond motifs is 1. The second-order valence-corrected chi connectivity index (χ2v) is 10.7. The van der Waals surface area contributed by atoms with E-state index in [4.69, 9.17) is 27.9 Å². The summed E-state index contributed by atoms with van der Waals surface area (Å²) in [6.45, 7) is 4.20. The molecule has 0 spiro atoms. The van der Waals surface area contributed by atoms with E-state index < -0.39 is 0 Å². The van der Waals surface area contributed by atoms with Crippen LogP contribution >= 0.6 is 34.5 Å². The first kappa shape index (κ1) is 23.4. The Bertz CT molecular complexity index is 1260. The van der Waals surface area contributed by atoms with Crippen molar-refractivity contribution in [3.8, 4) is 5.75 Å². The number of carbonyl (C=O) groups is 2. The summed E-state index contributed by atoms with van der Waals surface area (Å²) in [6, 6.07) is 14.2. The van der Waals surface area contributed by atoms with Gasteiger partial charge in [0.05, 0.1) is 17.0 Å². The number of ether oxygens (including phenoxy) is 1. The molecule has 0 bridgehead atoms. The third-order valence-corrected chi connectivity index (χ3v) is 6.80. The number of benzene rings is 2. The van der Waals surface area contributed by atoms with Gasteiger partial charge in [-0.3, -0.25) is 9.59 Å². The lowest BCUT2D eigenvalue weighted by molar-refractivity contribution is 0.102. The number of methoxy groups -OCH3 is 1. The molecule has 2 heterocycles. The number of carbonyl (C=O) groups excluding carboxylic acids is 2. The van der Waals surface area contributed by atoms with Gasteiger partial charge < -0.3 is 15.4 Å². The Hall–Kier alpha value is -2.80. The van der Waals surface area contributed by atoms with Gasteiger partial charge in [0.15, 0.2) is 5.78 Å². The monoisotopic (exact) mass is 500 g/mol. The Balaban J connectivity index is 1.55. The molecule has 4 rings (SSSR count). The lowest BCUT2D eigenvalue weighted by Gasteiger charge is -2.35. The Morgan fingerprint density at radius 2 is 1.85 bits per heavy atom. The maximum Gasteiger partial charge on any atom is 0.258 e. The number of allylic oxidation sites excluding steroid dienone is 1. The van der Waals surface area contributed by atoms with Crippen molar-refractivity contribution in [3.05, 3.63) is 85.5 Å². The first-order valence-electron chi connectivity index (χ1n) is 10.2. The third-order valence-electron chi connectivity index (χ3n) is 5.32. The highest BCUT2D eigenvalue weighted by Crippen LogP contribution is 2.33. The number of hydrogen-bond acceptors (Lipinski definition) is 5. The van der Waals surface area contributed by atoms with Crippen LogP contribution in [0.4, 0.5) is 5.69 Å². The van der Waals surface area contributed by atoms with Crippen LogP contribution in [0, 0.1) is 0 Å². The molecule has 0 saturated heterocycles. The molecule has 33 heavy (non-hydrogen) atoms. The van der Waals surface area contributed by atoms with Crippen LogP contribution in [0.1, 0.15) is 45.7 Å². The maximum atomic E-state index is 13.0. The van der Waals surface area contributed by atoms with Gasteiger partial charge in [0.1, 0.15) is 10.1 Å². The zero-order chi connectivity index (χ0) is 23.8. The van der Waals surface area contributed by atoms with E-state index in [1.165, 1.54) is 6.07 Å². The van der Waals surface area contributed by atoms with Crippen LogP contribution < -0.4 is 15.4 Å². The number of nitrogens with one attached hydrogen (secondary N) is 2. The summed E-state index contributed by atoms with van der Waals surface area (Å²) >= 11 is 13.1. The molecule has 8 heteroatoms. The van der Waals surface area contributed by atoms with Crippen LogP contribution in [-0.2, 0) is 6.42 Å². The van der Waals surface area contributed by atoms with E-state index in [2.05, 4.69) is 24.5 Å². The highest BCUT2D eigenvalue weighted by atomic mass is 35.5. The minimum atomic E-state index is -0.358. The van der Waals surface area contributed by atoms with Crippen LogP contribution in [0.25, 0.3) is 5.70 Å². The summed E-state index contributed by atoms with van der Waals surface area (Å²) < 4.78 is 6.14. The first-order valence-corrected chi connectivity index (χ1v) is 11.8. The molecule has 3 aromatic rings. The Kier molecular flexibility index (Phi) is 6.52. The Morgan fingerprint density at radius 3 is 2.48 bits per heavy atom. The van der Waals surface area contributed by atoms with Gasteiger partial charge in [0.25, 0.3) is 5.91 Å². The van der Waals surface area contributed by atoms with Crippen molar-refractivity contribution >= 4 is 57.6 Å². The van der Waals surface area contributed by atoms with Crippen LogP contribution in [0.15, 0.2) is 54.6 Å². The molecule has 170 valence electrons. The van der Waals surface area contributed by atoms with Gasteiger partial charge in [-0.1, -0.05) is 29.3 Å². The minimum Gasteiger partial charge on any atom is -0.497 e. The largest absolute Gasteiger partial charge is 0.497 e. The van der Waals surface area contributed by atoms with Gasteiger partial charge in [-0.05, 0) is 68.3 Å². The fourth-order valence-electron chi connectivity index (χ4n) is 3.78. The van der Waals surface area contributed by atoms with Crippen molar-refractivity contribution in [1.29, 1.82) is 0 Å². The van der Waals surface area contributed by atoms with Gasteiger partial charge in [0.2, 0.25) is 0 Å². The molecule has 2 N–H and O–H groups in total. The molecule has 1 amide bonds. The zero-order valence-corrected chi connectivity index (χ0v) is 20.6. The lowest BCUT2D eigenvalue weighted by atomic mass is 9.85. The van der Waals surface area contributed by atoms with Crippen LogP contribution in [-0.4, -0.2) is 24.3 Å². The fourth-order valence-corrected chi connectivity index (χ4v) is 5.24. The number of amides is 1. The van der Waals surface area contributed by atoms with Crippen molar-refractivity contribution in [3.63, 3.8) is 0 Å². The molecule has 0 aliphatic carbocycles. The molecule has 1 aliphatic heterocycles. The molecule has 5 nitrogen and oxygen atoms in total. The number of rotatable bonds is 5. The third kappa shape index (κ3) is 5.24. The van der Waals surface area contributed by atoms with Crippen LogP contribution in [0.3, 0.4) is 0 Å². The smallest absolute Gasteiger partial charge is 0.258 e. The predicted molar refractivity (Wildman–Crippen MR) is 135 cm³/mol. The second-order valence-electron chi connectivity index (χ2n) is 8.40. The van der Waals surface area contributed by atoms with E-state index in [1.54, 1.807) is 37.5 Å². The summed E-state index contributed by atoms with van der Waals surface area (Å²) in [7, 11) is 1.62. The number of halogens is 2. The maximum absolute atomic E-state index is 13.0. The quantitative estimate of drug-likeness (QED) is 0.311. The van der Waals surface area contributed by atoms with Crippen molar-refractivity contribution in [1.82, 2.24) is 5.32 Å². The zero-order valence-electron chi connectivity index (χ0n) is 18.3. The SMILES string of the molecule is COc1ccc2c(c1)C(=CC(=O)c1ccc(NC(=O)c3cc(Cl)sc3Cl)cc1)NC(C)(C)C2. The standard InChI is InChI=1S/C25H22Cl2N2O3S/c1-25(2)13-15-6-9-17(32-3)10-18(15)20(29-25)12-21(30)14-4-7-16(8-5-14)28-24(31)19-11-22(26)33-23(19)27/h4-12,29H,13H2,1-3H3,(H,28,31). The van der Waals surface area contributed by atoms with Gasteiger partial charge in [0, 0.05) is 34.1 Å². The Labute approximate surface area is 206 Å². The number of ketones is 1. The van der Waals surface area contributed by atoms with E-state index in [1.807, 2.05) is 18.2 Å². The molecule has 0 atom stereocenters. The molecule has 2 aromatic carbocycles. The molecule has 1 aromatic heterocycles. The normalized spacial score (nSPS) is 15.5. The van der Waals surface area contributed by atoms with Crippen molar-refractivity contribution in [2.75, 3.05) is 12.4 Å². The average molecular weight is 501 g/mol. The predicted octanol–water partition coefficient (Wildman–Crippen LogP) is 6.46. The molecule has 0 unspecified atom stereocenters. The first-order chi connectivity index (χ1) is 15.6. The summed E-state index contributed by atoms with van der Waals surface area (Å²) in [4.78, 5) is 25.4. The second kappa shape index (κ2) is 9.21. The molecular formula is C25H22Cl2N2O3S. The van der Waals surface area contributed by atoms with Gasteiger partial charge in [-0.2, -0.15) is 0 Å². The van der Waals surface area contributed by atoms with Gasteiger partial charge in [-0.25, -0.2) is 0 Å². The summed E-state index contributed by atoms with van der Waals surface area (Å²) in [5.74, 6) is 0.235. The molecule has 1 aliphatic rings. The number of thiophene rings is 1. The number of anilines is 1. The van der Waals surface area contributed by atoms with Crippen LogP contribution in [0.5, 0.6) is 5.75 Å². The van der Waals surface area contributed by atoms with E-state index in [-0.39, 0.29) is 17.2 Å². The number of hydrogen-bond donors (Lipinski definition) is 2. The highest BCUT2D eigenvalue weighted by molar-refractivity contribution is 7.20. The fraction of sp³-hybridized carbons (Fsp3) is 0.200. The van der Waals surface area contributed by atoms with Gasteiger partial charge >= 0.3 is 0 Å². The van der Waals surface area contributed by atoms with E-state index in [9.17, 15) is 9.59 Å². The average Bonchev–Trinajstić information content (AvgIpc) is 3.11.